The lowest BCUT2D eigenvalue weighted by Gasteiger charge is -2.15. The molecule has 2 aromatic rings. The molecule has 0 aromatic heterocycles. The maximum Gasteiger partial charge on any atom is 0.279 e. The number of nitrogens with one attached hydrogen (secondary N) is 2. The van der Waals surface area contributed by atoms with Crippen molar-refractivity contribution in [3.8, 4) is 11.5 Å². The number of hydrazine groups is 1. The number of hydrogen-bond acceptors (Lipinski definition) is 4. The molecular formula is C20H22ClFN2O4. The molecule has 150 valence electrons. The second-order valence-corrected chi connectivity index (χ2v) is 6.50. The number of para-hydroxylation sites is 1. The van der Waals surface area contributed by atoms with Gasteiger partial charge in [-0.05, 0) is 56.2 Å². The van der Waals surface area contributed by atoms with Crippen LogP contribution in [-0.2, 0) is 9.59 Å². The molecule has 2 rings (SSSR count). The Labute approximate surface area is 167 Å². The fraction of sp³-hybridized carbons (Fsp3) is 0.300. The largest absolute Gasteiger partial charge is 0.494 e. The number of carbonyl (C=O) groups is 2. The molecular weight excluding hydrogens is 387 g/mol. The van der Waals surface area contributed by atoms with Crippen molar-refractivity contribution in [2.45, 2.75) is 32.8 Å². The highest BCUT2D eigenvalue weighted by molar-refractivity contribution is 6.31. The molecule has 6 nitrogen and oxygen atoms in total. The molecule has 1 atom stereocenters. The quantitative estimate of drug-likeness (QED) is 0.517. The van der Waals surface area contributed by atoms with Gasteiger partial charge in [-0.2, -0.15) is 0 Å². The third kappa shape index (κ3) is 6.74. The van der Waals surface area contributed by atoms with E-state index in [1.54, 1.807) is 18.2 Å². The molecule has 0 fully saturated rings. The average Bonchev–Trinajstić information content (AvgIpc) is 2.67. The van der Waals surface area contributed by atoms with Crippen LogP contribution in [0.3, 0.4) is 0 Å². The van der Waals surface area contributed by atoms with Crippen LogP contribution in [0, 0.1) is 12.7 Å². The predicted molar refractivity (Wildman–Crippen MR) is 104 cm³/mol. The highest BCUT2D eigenvalue weighted by atomic mass is 35.5. The van der Waals surface area contributed by atoms with Crippen LogP contribution in [0.1, 0.15) is 25.3 Å². The van der Waals surface area contributed by atoms with Crippen molar-refractivity contribution in [1.82, 2.24) is 10.9 Å². The number of hydrogen-bond donors (Lipinski definition) is 2. The van der Waals surface area contributed by atoms with Crippen molar-refractivity contribution in [2.24, 2.45) is 0 Å². The lowest BCUT2D eigenvalue weighted by Crippen LogP contribution is -2.47. The lowest BCUT2D eigenvalue weighted by molar-refractivity contribution is -0.132. The number of rotatable bonds is 8. The monoisotopic (exact) mass is 408 g/mol. The van der Waals surface area contributed by atoms with Gasteiger partial charge in [-0.15, -0.1) is 0 Å². The molecule has 0 heterocycles. The second kappa shape index (κ2) is 10.5. The Balaban J connectivity index is 1.65. The SMILES string of the molecule is Cc1cc(OCCCC(=O)NNC(=O)C(C)Oc2ccccc2F)ccc1Cl. The number of amides is 2. The lowest BCUT2D eigenvalue weighted by atomic mass is 10.2. The number of ether oxygens (including phenoxy) is 2. The maximum absolute atomic E-state index is 13.5. The zero-order valence-corrected chi connectivity index (χ0v) is 16.4. The van der Waals surface area contributed by atoms with E-state index in [-0.39, 0.29) is 18.1 Å². The molecule has 0 bridgehead atoms. The van der Waals surface area contributed by atoms with E-state index in [2.05, 4.69) is 10.9 Å². The van der Waals surface area contributed by atoms with Crippen molar-refractivity contribution in [3.63, 3.8) is 0 Å². The summed E-state index contributed by atoms with van der Waals surface area (Å²) in [5.74, 6) is -0.894. The number of halogens is 2. The standard InChI is InChI=1S/C20H22ClFN2O4/c1-13-12-15(9-10-16(13)21)27-11-5-8-19(25)23-24-20(26)14(2)28-18-7-4-3-6-17(18)22/h3-4,6-7,9-10,12,14H,5,8,11H2,1-2H3,(H,23,25)(H,24,26). The van der Waals surface area contributed by atoms with E-state index in [1.807, 2.05) is 13.0 Å². The molecule has 0 radical (unpaired) electrons. The van der Waals surface area contributed by atoms with Gasteiger partial charge in [0.25, 0.3) is 5.91 Å². The van der Waals surface area contributed by atoms with Crippen molar-refractivity contribution >= 4 is 23.4 Å². The topological polar surface area (TPSA) is 76.7 Å². The van der Waals surface area contributed by atoms with Gasteiger partial charge < -0.3 is 9.47 Å². The molecule has 2 aromatic carbocycles. The molecule has 0 aliphatic carbocycles. The molecule has 8 heteroatoms. The van der Waals surface area contributed by atoms with Crippen LogP contribution in [0.25, 0.3) is 0 Å². The highest BCUT2D eigenvalue weighted by Gasteiger charge is 2.17. The van der Waals surface area contributed by atoms with Gasteiger partial charge in [-0.3, -0.25) is 20.4 Å². The number of benzene rings is 2. The van der Waals surface area contributed by atoms with Crippen molar-refractivity contribution in [1.29, 1.82) is 0 Å². The van der Waals surface area contributed by atoms with E-state index < -0.39 is 17.8 Å². The molecule has 28 heavy (non-hydrogen) atoms. The fourth-order valence-corrected chi connectivity index (χ4v) is 2.33. The van der Waals surface area contributed by atoms with E-state index in [4.69, 9.17) is 21.1 Å². The Bertz CT molecular complexity index is 832. The van der Waals surface area contributed by atoms with E-state index in [0.29, 0.717) is 23.8 Å². The molecule has 2 amide bonds. The van der Waals surface area contributed by atoms with E-state index in [9.17, 15) is 14.0 Å². The number of carbonyl (C=O) groups excluding carboxylic acids is 2. The van der Waals surface area contributed by atoms with Crippen LogP contribution in [0.15, 0.2) is 42.5 Å². The third-order valence-electron chi connectivity index (χ3n) is 3.78. The highest BCUT2D eigenvalue weighted by Crippen LogP contribution is 2.21. The van der Waals surface area contributed by atoms with Crippen LogP contribution in [0.2, 0.25) is 5.02 Å². The third-order valence-corrected chi connectivity index (χ3v) is 4.21. The van der Waals surface area contributed by atoms with Gasteiger partial charge in [-0.25, -0.2) is 4.39 Å². The summed E-state index contributed by atoms with van der Waals surface area (Å²) in [5, 5.41) is 0.663. The predicted octanol–water partition coefficient (Wildman–Crippen LogP) is 3.56. The summed E-state index contributed by atoms with van der Waals surface area (Å²) >= 11 is 5.95. The summed E-state index contributed by atoms with van der Waals surface area (Å²) in [6.45, 7) is 3.67. The van der Waals surface area contributed by atoms with Gasteiger partial charge in [0, 0.05) is 11.4 Å². The molecule has 0 aliphatic rings. The Morgan fingerprint density at radius 2 is 1.93 bits per heavy atom. The number of aryl methyl sites for hydroxylation is 1. The maximum atomic E-state index is 13.5. The Morgan fingerprint density at radius 3 is 2.64 bits per heavy atom. The van der Waals surface area contributed by atoms with E-state index in [1.165, 1.54) is 25.1 Å². The van der Waals surface area contributed by atoms with E-state index in [0.717, 1.165) is 5.56 Å². The summed E-state index contributed by atoms with van der Waals surface area (Å²) in [6.07, 6.45) is -0.353. The van der Waals surface area contributed by atoms with Crippen LogP contribution in [0.5, 0.6) is 11.5 Å². The van der Waals surface area contributed by atoms with Crippen molar-refractivity contribution < 1.29 is 23.5 Å². The minimum Gasteiger partial charge on any atom is -0.494 e. The molecule has 0 spiro atoms. The van der Waals surface area contributed by atoms with Gasteiger partial charge >= 0.3 is 0 Å². The van der Waals surface area contributed by atoms with Crippen molar-refractivity contribution in [3.05, 3.63) is 58.9 Å². The van der Waals surface area contributed by atoms with Crippen LogP contribution >= 0.6 is 11.6 Å². The van der Waals surface area contributed by atoms with Gasteiger partial charge in [0.15, 0.2) is 17.7 Å². The summed E-state index contributed by atoms with van der Waals surface area (Å²) in [6, 6.07) is 11.1. The summed E-state index contributed by atoms with van der Waals surface area (Å²) in [4.78, 5) is 23.7. The Morgan fingerprint density at radius 1 is 1.18 bits per heavy atom. The summed E-state index contributed by atoms with van der Waals surface area (Å²) in [5.41, 5.74) is 5.46. The van der Waals surface area contributed by atoms with Crippen molar-refractivity contribution in [2.75, 3.05) is 6.61 Å². The van der Waals surface area contributed by atoms with Gasteiger partial charge in [0.05, 0.1) is 6.61 Å². The molecule has 1 unspecified atom stereocenters. The molecule has 0 aliphatic heterocycles. The molecule has 0 saturated heterocycles. The van der Waals surface area contributed by atoms with Crippen LogP contribution < -0.4 is 20.3 Å². The Kier molecular flexibility index (Phi) is 8.07. The summed E-state index contributed by atoms with van der Waals surface area (Å²) in [7, 11) is 0. The molecule has 0 saturated carbocycles. The smallest absolute Gasteiger partial charge is 0.279 e. The fourth-order valence-electron chi connectivity index (χ4n) is 2.21. The van der Waals surface area contributed by atoms with Crippen LogP contribution in [0.4, 0.5) is 4.39 Å². The zero-order valence-electron chi connectivity index (χ0n) is 15.6. The Hall–Kier alpha value is -2.80. The average molecular weight is 409 g/mol. The first-order valence-corrected chi connectivity index (χ1v) is 9.13. The summed E-state index contributed by atoms with van der Waals surface area (Å²) < 4.78 is 24.3. The first-order valence-electron chi connectivity index (χ1n) is 8.75. The van der Waals surface area contributed by atoms with Gasteiger partial charge in [0.1, 0.15) is 5.75 Å². The first-order chi connectivity index (χ1) is 13.4. The normalized spacial score (nSPS) is 11.4. The van der Waals surface area contributed by atoms with Gasteiger partial charge in [-0.1, -0.05) is 23.7 Å². The van der Waals surface area contributed by atoms with Crippen LogP contribution in [-0.4, -0.2) is 24.5 Å². The first kappa shape index (κ1) is 21.5. The van der Waals surface area contributed by atoms with Gasteiger partial charge in [0.2, 0.25) is 5.91 Å². The minimum absolute atomic E-state index is 0.0361. The van der Waals surface area contributed by atoms with E-state index >= 15 is 0 Å². The second-order valence-electron chi connectivity index (χ2n) is 6.09. The zero-order chi connectivity index (χ0) is 20.5. The minimum atomic E-state index is -0.978. The molecule has 2 N–H and O–H groups in total.